The first kappa shape index (κ1) is 23.4. The van der Waals surface area contributed by atoms with E-state index in [1.165, 1.54) is 22.6 Å². The quantitative estimate of drug-likeness (QED) is 0.350. The first-order valence-electron chi connectivity index (χ1n) is 11.1. The van der Waals surface area contributed by atoms with Crippen molar-refractivity contribution >= 4 is 11.3 Å². The maximum Gasteiger partial charge on any atom is 0.416 e. The molecule has 33 heavy (non-hydrogen) atoms. The van der Waals surface area contributed by atoms with Crippen LogP contribution in [0.2, 0.25) is 0 Å². The second-order valence-electron chi connectivity index (χ2n) is 8.42. The third-order valence-corrected chi connectivity index (χ3v) is 6.87. The van der Waals surface area contributed by atoms with E-state index in [1.807, 2.05) is 13.0 Å². The van der Waals surface area contributed by atoms with E-state index in [9.17, 15) is 13.2 Å². The number of alkyl halides is 3. The Kier molecular flexibility index (Phi) is 7.07. The largest absolute Gasteiger partial charge is 0.416 e. The van der Waals surface area contributed by atoms with Crippen molar-refractivity contribution < 1.29 is 13.2 Å². The van der Waals surface area contributed by atoms with Gasteiger partial charge in [0.25, 0.3) is 0 Å². The zero-order chi connectivity index (χ0) is 23.4. The number of nitrogens with zero attached hydrogens (tertiary/aromatic N) is 1. The normalized spacial score (nSPS) is 17.8. The predicted molar refractivity (Wildman–Crippen MR) is 130 cm³/mol. The highest BCUT2D eigenvalue weighted by molar-refractivity contribution is 7.13. The Morgan fingerprint density at radius 2 is 1.79 bits per heavy atom. The van der Waals surface area contributed by atoms with Gasteiger partial charge in [0.2, 0.25) is 0 Å². The second-order valence-corrected chi connectivity index (χ2v) is 9.37. The molecule has 0 aliphatic carbocycles. The number of halogens is 3. The lowest BCUT2D eigenvalue weighted by atomic mass is 9.91. The zero-order valence-corrected chi connectivity index (χ0v) is 19.3. The van der Waals surface area contributed by atoms with Gasteiger partial charge < -0.3 is 0 Å². The minimum Gasteiger partial charge on any atom is -0.279 e. The summed E-state index contributed by atoms with van der Waals surface area (Å²) in [6.07, 6.45) is -1.36. The summed E-state index contributed by atoms with van der Waals surface area (Å²) in [5.74, 6) is 6.55. The Morgan fingerprint density at radius 3 is 2.39 bits per heavy atom. The summed E-state index contributed by atoms with van der Waals surface area (Å²) in [6, 6.07) is 18.1. The standard InChI is InChI=1S/C28H26F3NS/c1-20(2)8-17-26(21-9-11-23(12-10-21)27-7-5-19-33-27)32-18-4-3-6-25(32)22-13-15-24(16-14-22)28(29,30)31/h5,7,9-16,19,25-26H,1,3-4,6,18H2,2H3/t25-,26+/m0/s1. The van der Waals surface area contributed by atoms with Crippen LogP contribution < -0.4 is 0 Å². The van der Waals surface area contributed by atoms with Gasteiger partial charge in [0.15, 0.2) is 0 Å². The predicted octanol–water partition coefficient (Wildman–Crippen LogP) is 8.28. The molecule has 0 unspecified atom stereocenters. The molecule has 3 aromatic rings. The summed E-state index contributed by atoms with van der Waals surface area (Å²) in [6.45, 7) is 6.65. The van der Waals surface area contributed by atoms with Crippen molar-refractivity contribution in [3.05, 3.63) is 94.9 Å². The van der Waals surface area contributed by atoms with Crippen LogP contribution in [-0.2, 0) is 6.18 Å². The van der Waals surface area contributed by atoms with Gasteiger partial charge >= 0.3 is 6.18 Å². The number of piperidine rings is 1. The van der Waals surface area contributed by atoms with E-state index in [2.05, 4.69) is 59.0 Å². The van der Waals surface area contributed by atoms with Crippen molar-refractivity contribution in [3.8, 4) is 22.3 Å². The fraction of sp³-hybridized carbons (Fsp3) is 0.286. The number of benzene rings is 2. The lowest BCUT2D eigenvalue weighted by Crippen LogP contribution is -2.36. The molecule has 2 heterocycles. The molecule has 0 bridgehead atoms. The average Bonchev–Trinajstić information content (AvgIpc) is 3.34. The van der Waals surface area contributed by atoms with E-state index in [0.717, 1.165) is 42.5 Å². The molecule has 1 saturated heterocycles. The molecule has 1 aliphatic rings. The molecule has 4 rings (SSSR count). The van der Waals surface area contributed by atoms with Gasteiger partial charge in [-0.2, -0.15) is 13.2 Å². The smallest absolute Gasteiger partial charge is 0.279 e. The molecule has 1 aliphatic heterocycles. The van der Waals surface area contributed by atoms with E-state index in [4.69, 9.17) is 0 Å². The third kappa shape index (κ3) is 5.58. The molecule has 2 aromatic carbocycles. The van der Waals surface area contributed by atoms with Gasteiger partial charge in [-0.1, -0.05) is 67.3 Å². The zero-order valence-electron chi connectivity index (χ0n) is 18.5. The van der Waals surface area contributed by atoms with Gasteiger partial charge in [0.05, 0.1) is 11.6 Å². The topological polar surface area (TPSA) is 3.24 Å². The molecular weight excluding hydrogens is 439 g/mol. The van der Waals surface area contributed by atoms with Crippen molar-refractivity contribution in [2.24, 2.45) is 0 Å². The maximum absolute atomic E-state index is 13.1. The average molecular weight is 466 g/mol. The SMILES string of the molecule is C=C(C)C#C[C@H](c1ccc(-c2cccs2)cc1)N1CCCC[C@H]1c1ccc(C(F)(F)F)cc1. The summed E-state index contributed by atoms with van der Waals surface area (Å²) >= 11 is 1.70. The molecule has 170 valence electrons. The summed E-state index contributed by atoms with van der Waals surface area (Å²) in [4.78, 5) is 3.55. The third-order valence-electron chi connectivity index (χ3n) is 5.95. The second kappa shape index (κ2) is 9.99. The van der Waals surface area contributed by atoms with E-state index >= 15 is 0 Å². The number of rotatable bonds is 4. The highest BCUT2D eigenvalue weighted by Gasteiger charge is 2.33. The Labute approximate surface area is 197 Å². The Morgan fingerprint density at radius 1 is 1.06 bits per heavy atom. The van der Waals surface area contributed by atoms with Crippen LogP contribution in [0.15, 0.2) is 78.2 Å². The Balaban J connectivity index is 1.68. The van der Waals surface area contributed by atoms with Crippen molar-refractivity contribution in [2.45, 2.75) is 44.4 Å². The van der Waals surface area contributed by atoms with Gasteiger partial charge in [-0.05, 0) is 65.6 Å². The highest BCUT2D eigenvalue weighted by atomic mass is 32.1. The molecule has 1 nitrogen and oxygen atoms in total. The lowest BCUT2D eigenvalue weighted by molar-refractivity contribution is -0.137. The van der Waals surface area contributed by atoms with Gasteiger partial charge in [-0.25, -0.2) is 0 Å². The highest BCUT2D eigenvalue weighted by Crippen LogP contribution is 2.39. The monoisotopic (exact) mass is 465 g/mol. The molecule has 5 heteroatoms. The summed E-state index contributed by atoms with van der Waals surface area (Å²) in [5.41, 5.74) is 3.33. The van der Waals surface area contributed by atoms with E-state index in [-0.39, 0.29) is 12.1 Å². The van der Waals surface area contributed by atoms with Crippen LogP contribution in [0.25, 0.3) is 10.4 Å². The lowest BCUT2D eigenvalue weighted by Gasteiger charge is -2.40. The fourth-order valence-electron chi connectivity index (χ4n) is 4.34. The van der Waals surface area contributed by atoms with E-state index in [1.54, 1.807) is 23.5 Å². The number of hydrogen-bond donors (Lipinski definition) is 0. The van der Waals surface area contributed by atoms with Gasteiger partial charge in [0, 0.05) is 17.5 Å². The maximum atomic E-state index is 13.1. The molecular formula is C28H26F3NS. The van der Waals surface area contributed by atoms with Crippen LogP contribution in [-0.4, -0.2) is 11.4 Å². The van der Waals surface area contributed by atoms with E-state index < -0.39 is 11.7 Å². The molecule has 1 aromatic heterocycles. The number of thiophene rings is 1. The molecule has 0 saturated carbocycles. The first-order chi connectivity index (χ1) is 15.8. The van der Waals surface area contributed by atoms with Crippen LogP contribution in [0.5, 0.6) is 0 Å². The van der Waals surface area contributed by atoms with Crippen LogP contribution >= 0.6 is 11.3 Å². The van der Waals surface area contributed by atoms with Gasteiger partial charge in [-0.15, -0.1) is 11.3 Å². The molecule has 0 amide bonds. The summed E-state index contributed by atoms with van der Waals surface area (Å²) in [7, 11) is 0. The van der Waals surface area contributed by atoms with Crippen LogP contribution in [0.1, 0.15) is 55.0 Å². The van der Waals surface area contributed by atoms with Crippen LogP contribution in [0.4, 0.5) is 13.2 Å². The van der Waals surface area contributed by atoms with Crippen LogP contribution in [0.3, 0.4) is 0 Å². The van der Waals surface area contributed by atoms with Crippen molar-refractivity contribution in [1.82, 2.24) is 4.90 Å². The van der Waals surface area contributed by atoms with Gasteiger partial charge in [0.1, 0.15) is 0 Å². The Bertz CT molecular complexity index is 1130. The first-order valence-corrected chi connectivity index (χ1v) is 11.9. The molecule has 0 spiro atoms. The number of likely N-dealkylation sites (tertiary alicyclic amines) is 1. The van der Waals surface area contributed by atoms with Gasteiger partial charge in [-0.3, -0.25) is 4.90 Å². The summed E-state index contributed by atoms with van der Waals surface area (Å²) in [5, 5.41) is 2.06. The minimum atomic E-state index is -4.33. The van der Waals surface area contributed by atoms with E-state index in [0.29, 0.717) is 0 Å². The summed E-state index contributed by atoms with van der Waals surface area (Å²) < 4.78 is 39.2. The Hall–Kier alpha value is -2.81. The fourth-order valence-corrected chi connectivity index (χ4v) is 5.07. The molecule has 1 fully saturated rings. The minimum absolute atomic E-state index is 0.0161. The van der Waals surface area contributed by atoms with Crippen molar-refractivity contribution in [2.75, 3.05) is 6.54 Å². The number of allylic oxidation sites excluding steroid dienone is 1. The molecule has 0 N–H and O–H groups in total. The molecule has 0 radical (unpaired) electrons. The number of hydrogen-bond acceptors (Lipinski definition) is 2. The molecule has 2 atom stereocenters. The van der Waals surface area contributed by atoms with Crippen LogP contribution in [0, 0.1) is 11.8 Å². The van der Waals surface area contributed by atoms with Crippen molar-refractivity contribution in [1.29, 1.82) is 0 Å². The van der Waals surface area contributed by atoms with Crippen molar-refractivity contribution in [3.63, 3.8) is 0 Å².